The van der Waals surface area contributed by atoms with Gasteiger partial charge in [-0.2, -0.15) is 11.8 Å². The van der Waals surface area contributed by atoms with E-state index in [1.807, 2.05) is 36.0 Å². The minimum atomic E-state index is 0.326. The Kier molecular flexibility index (Phi) is 4.45. The fourth-order valence-corrected chi connectivity index (χ4v) is 3.92. The molecule has 122 valence electrons. The lowest BCUT2D eigenvalue weighted by Crippen LogP contribution is -2.14. The Morgan fingerprint density at radius 1 is 1.17 bits per heavy atom. The minimum Gasteiger partial charge on any atom is -0.490 e. The smallest absolute Gasteiger partial charge is 0.138 e. The van der Waals surface area contributed by atoms with Gasteiger partial charge in [0.1, 0.15) is 22.8 Å². The predicted octanol–water partition coefficient (Wildman–Crippen LogP) is 4.91. The fourth-order valence-electron chi connectivity index (χ4n) is 2.71. The lowest BCUT2D eigenvalue weighted by atomic mass is 10.1. The van der Waals surface area contributed by atoms with E-state index in [4.69, 9.17) is 16.3 Å². The largest absolute Gasteiger partial charge is 0.490 e. The van der Waals surface area contributed by atoms with Crippen LogP contribution >= 0.6 is 23.4 Å². The number of pyridine rings is 2. The molecule has 2 aromatic heterocycles. The van der Waals surface area contributed by atoms with Crippen LogP contribution in [0.1, 0.15) is 6.42 Å². The highest BCUT2D eigenvalue weighted by atomic mass is 35.5. The van der Waals surface area contributed by atoms with Crippen molar-refractivity contribution < 1.29 is 4.74 Å². The molecule has 1 fully saturated rings. The van der Waals surface area contributed by atoms with Gasteiger partial charge in [-0.05, 0) is 54.0 Å². The number of halogens is 1. The van der Waals surface area contributed by atoms with E-state index in [0.717, 1.165) is 40.2 Å². The van der Waals surface area contributed by atoms with Crippen LogP contribution in [0.3, 0.4) is 0 Å². The maximum Gasteiger partial charge on any atom is 0.138 e. The molecule has 0 amide bonds. The van der Waals surface area contributed by atoms with Crippen LogP contribution in [0.2, 0.25) is 5.15 Å². The standard InChI is InChI=1S/C18H16ClN3OS/c19-17-4-1-13(10-21-17)22-18-16-3-2-14(9-12(16)5-7-20-18)23-15-6-8-24-11-15/h1-5,7,9-10,15H,6,8,11H2,(H,20,22)/t15-/m0/s1. The van der Waals surface area contributed by atoms with Crippen molar-refractivity contribution in [2.24, 2.45) is 0 Å². The number of ether oxygens (including phenoxy) is 1. The summed E-state index contributed by atoms with van der Waals surface area (Å²) < 4.78 is 6.07. The lowest BCUT2D eigenvalue weighted by molar-refractivity contribution is 0.230. The Morgan fingerprint density at radius 3 is 2.92 bits per heavy atom. The molecule has 0 aliphatic carbocycles. The van der Waals surface area contributed by atoms with Gasteiger partial charge in [-0.1, -0.05) is 11.6 Å². The molecule has 24 heavy (non-hydrogen) atoms. The van der Waals surface area contributed by atoms with E-state index in [1.54, 1.807) is 18.5 Å². The van der Waals surface area contributed by atoms with Gasteiger partial charge in [0.05, 0.1) is 11.9 Å². The first-order chi connectivity index (χ1) is 11.8. The third-order valence-corrected chi connectivity index (χ3v) is 5.27. The van der Waals surface area contributed by atoms with Crippen molar-refractivity contribution >= 4 is 45.6 Å². The third kappa shape index (κ3) is 3.42. The molecule has 3 aromatic rings. The van der Waals surface area contributed by atoms with E-state index in [-0.39, 0.29) is 0 Å². The van der Waals surface area contributed by atoms with Crippen LogP contribution in [0.4, 0.5) is 11.5 Å². The van der Waals surface area contributed by atoms with Crippen LogP contribution in [-0.4, -0.2) is 27.6 Å². The Labute approximate surface area is 149 Å². The van der Waals surface area contributed by atoms with E-state index in [9.17, 15) is 0 Å². The quantitative estimate of drug-likeness (QED) is 0.672. The maximum atomic E-state index is 6.07. The summed E-state index contributed by atoms with van der Waals surface area (Å²) in [7, 11) is 0. The molecule has 0 bridgehead atoms. The normalized spacial score (nSPS) is 17.1. The molecule has 1 atom stereocenters. The molecule has 1 aliphatic heterocycles. The van der Waals surface area contributed by atoms with Crippen LogP contribution in [-0.2, 0) is 0 Å². The highest BCUT2D eigenvalue weighted by molar-refractivity contribution is 7.99. The topological polar surface area (TPSA) is 47.0 Å². The second-order valence-electron chi connectivity index (χ2n) is 5.64. The molecule has 4 rings (SSSR count). The first-order valence-corrected chi connectivity index (χ1v) is 9.33. The fraction of sp³-hybridized carbons (Fsp3) is 0.222. The summed E-state index contributed by atoms with van der Waals surface area (Å²) in [4.78, 5) is 8.52. The summed E-state index contributed by atoms with van der Waals surface area (Å²) in [5.41, 5.74) is 0.850. The predicted molar refractivity (Wildman–Crippen MR) is 101 cm³/mol. The molecule has 0 saturated carbocycles. The van der Waals surface area contributed by atoms with Crippen molar-refractivity contribution in [3.05, 3.63) is 53.9 Å². The maximum absolute atomic E-state index is 6.07. The average molecular weight is 358 g/mol. The van der Waals surface area contributed by atoms with Crippen molar-refractivity contribution in [3.8, 4) is 5.75 Å². The van der Waals surface area contributed by atoms with Gasteiger partial charge < -0.3 is 10.1 Å². The lowest BCUT2D eigenvalue weighted by Gasteiger charge is -2.14. The number of aromatic nitrogens is 2. The molecule has 1 aromatic carbocycles. The number of rotatable bonds is 4. The highest BCUT2D eigenvalue weighted by Crippen LogP contribution is 2.29. The van der Waals surface area contributed by atoms with Crippen molar-refractivity contribution in [2.45, 2.75) is 12.5 Å². The van der Waals surface area contributed by atoms with Crippen LogP contribution < -0.4 is 10.1 Å². The van der Waals surface area contributed by atoms with Gasteiger partial charge in [0, 0.05) is 17.3 Å². The number of hydrogen-bond donors (Lipinski definition) is 1. The second kappa shape index (κ2) is 6.87. The molecule has 1 saturated heterocycles. The molecule has 6 heteroatoms. The Bertz CT molecular complexity index is 851. The van der Waals surface area contributed by atoms with Gasteiger partial charge in [-0.25, -0.2) is 9.97 Å². The van der Waals surface area contributed by atoms with Gasteiger partial charge in [-0.15, -0.1) is 0 Å². The summed E-state index contributed by atoms with van der Waals surface area (Å²) in [5.74, 6) is 3.97. The van der Waals surface area contributed by atoms with Crippen LogP contribution in [0.15, 0.2) is 48.8 Å². The van der Waals surface area contributed by atoms with Crippen LogP contribution in [0.5, 0.6) is 5.75 Å². The summed E-state index contributed by atoms with van der Waals surface area (Å²) in [6, 6.07) is 11.8. The van der Waals surface area contributed by atoms with Crippen molar-refractivity contribution in [2.75, 3.05) is 16.8 Å². The molecule has 3 heterocycles. The molecular weight excluding hydrogens is 342 g/mol. The molecule has 4 nitrogen and oxygen atoms in total. The first kappa shape index (κ1) is 15.5. The van der Waals surface area contributed by atoms with E-state index in [1.165, 1.54) is 5.75 Å². The molecule has 0 unspecified atom stereocenters. The number of benzene rings is 1. The highest BCUT2D eigenvalue weighted by Gasteiger charge is 2.17. The SMILES string of the molecule is Clc1ccc(Nc2nccc3cc(O[C@H]4CCSC4)ccc23)cn1. The van der Waals surface area contributed by atoms with Crippen molar-refractivity contribution in [1.82, 2.24) is 9.97 Å². The molecular formula is C18H16ClN3OS. The number of fused-ring (bicyclic) bond motifs is 1. The first-order valence-electron chi connectivity index (χ1n) is 7.80. The van der Waals surface area contributed by atoms with Gasteiger partial charge >= 0.3 is 0 Å². The molecule has 0 spiro atoms. The molecule has 1 N–H and O–H groups in total. The van der Waals surface area contributed by atoms with Crippen LogP contribution in [0, 0.1) is 0 Å². The molecule has 1 aliphatic rings. The Hall–Kier alpha value is -1.98. The Morgan fingerprint density at radius 2 is 2.12 bits per heavy atom. The van der Waals surface area contributed by atoms with Crippen molar-refractivity contribution in [3.63, 3.8) is 0 Å². The number of anilines is 2. The zero-order chi connectivity index (χ0) is 16.4. The monoisotopic (exact) mass is 357 g/mol. The summed E-state index contributed by atoms with van der Waals surface area (Å²) >= 11 is 7.78. The zero-order valence-corrected chi connectivity index (χ0v) is 14.5. The zero-order valence-electron chi connectivity index (χ0n) is 12.9. The summed E-state index contributed by atoms with van der Waals surface area (Å²) in [6.07, 6.45) is 4.93. The van der Waals surface area contributed by atoms with E-state index in [2.05, 4.69) is 21.4 Å². The van der Waals surface area contributed by atoms with Gasteiger partial charge in [0.15, 0.2) is 0 Å². The van der Waals surface area contributed by atoms with E-state index in [0.29, 0.717) is 11.3 Å². The van der Waals surface area contributed by atoms with Gasteiger partial charge in [-0.3, -0.25) is 0 Å². The van der Waals surface area contributed by atoms with Crippen LogP contribution in [0.25, 0.3) is 10.8 Å². The van der Waals surface area contributed by atoms with Crippen molar-refractivity contribution in [1.29, 1.82) is 0 Å². The van der Waals surface area contributed by atoms with Gasteiger partial charge in [0.2, 0.25) is 0 Å². The molecule has 0 radical (unpaired) electrons. The third-order valence-electron chi connectivity index (χ3n) is 3.92. The number of thioether (sulfide) groups is 1. The van der Waals surface area contributed by atoms with E-state index < -0.39 is 0 Å². The average Bonchev–Trinajstić information content (AvgIpc) is 3.10. The number of nitrogens with zero attached hydrogens (tertiary/aromatic N) is 2. The second-order valence-corrected chi connectivity index (χ2v) is 7.18. The Balaban J connectivity index is 1.60. The van der Waals surface area contributed by atoms with Gasteiger partial charge in [0.25, 0.3) is 0 Å². The number of nitrogens with one attached hydrogen (secondary N) is 1. The number of hydrogen-bond acceptors (Lipinski definition) is 5. The summed E-state index contributed by atoms with van der Waals surface area (Å²) in [6.45, 7) is 0. The minimum absolute atomic E-state index is 0.326. The van der Waals surface area contributed by atoms with E-state index >= 15 is 0 Å². The summed E-state index contributed by atoms with van der Waals surface area (Å²) in [5, 5.41) is 5.90.